The lowest BCUT2D eigenvalue weighted by Crippen LogP contribution is -3.11. The lowest BCUT2D eigenvalue weighted by atomic mass is 10.2. The van der Waals surface area contributed by atoms with Gasteiger partial charge in [-0.3, -0.25) is 9.59 Å². The van der Waals surface area contributed by atoms with Gasteiger partial charge in [0.25, 0.3) is 11.8 Å². The molecule has 1 unspecified atom stereocenters. The van der Waals surface area contributed by atoms with Gasteiger partial charge in [0, 0.05) is 0 Å². The van der Waals surface area contributed by atoms with E-state index in [2.05, 4.69) is 10.6 Å². The van der Waals surface area contributed by atoms with E-state index in [-0.39, 0.29) is 24.9 Å². The fourth-order valence-electron chi connectivity index (χ4n) is 2.49. The number of hydrogen-bond acceptors (Lipinski definition) is 3. The number of amides is 2. The molecule has 0 aliphatic carbocycles. The molecule has 0 saturated carbocycles. The molecule has 2 aromatic rings. The molecule has 6 nitrogen and oxygen atoms in total. The molecule has 0 aliphatic rings. The van der Waals surface area contributed by atoms with Gasteiger partial charge in [0.2, 0.25) is 0 Å². The Bertz CT molecular complexity index is 783. The van der Waals surface area contributed by atoms with Crippen molar-refractivity contribution in [3.63, 3.8) is 0 Å². The number of nitrogens with one attached hydrogen (secondary N) is 3. The van der Waals surface area contributed by atoms with Gasteiger partial charge in [0.05, 0.1) is 24.3 Å². The van der Waals surface area contributed by atoms with Crippen LogP contribution >= 0.6 is 11.6 Å². The normalized spacial score (nSPS) is 11.5. The van der Waals surface area contributed by atoms with Crippen LogP contribution in [-0.4, -0.2) is 45.1 Å². The second-order valence-corrected chi connectivity index (χ2v) is 6.76. The first-order chi connectivity index (χ1) is 12.9. The molecule has 2 amide bonds. The van der Waals surface area contributed by atoms with Gasteiger partial charge in [-0.25, -0.2) is 0 Å². The zero-order valence-electron chi connectivity index (χ0n) is 15.5. The van der Waals surface area contributed by atoms with E-state index in [1.807, 2.05) is 31.2 Å². The molecule has 2 aromatic carbocycles. The largest absolute Gasteiger partial charge is 0.492 e. The molecule has 0 fully saturated rings. The maximum Gasteiger partial charge on any atom is 0.279 e. The highest BCUT2D eigenvalue weighted by Gasteiger charge is 2.14. The smallest absolute Gasteiger partial charge is 0.279 e. The van der Waals surface area contributed by atoms with Gasteiger partial charge in [-0.2, -0.15) is 0 Å². The number of aryl methyl sites for hydroxylation is 1. The molecule has 1 atom stereocenters. The Labute approximate surface area is 164 Å². The van der Waals surface area contributed by atoms with E-state index in [1.54, 1.807) is 31.3 Å². The van der Waals surface area contributed by atoms with Gasteiger partial charge < -0.3 is 20.3 Å². The van der Waals surface area contributed by atoms with Crippen LogP contribution in [0.5, 0.6) is 5.75 Å². The van der Waals surface area contributed by atoms with Crippen molar-refractivity contribution in [1.29, 1.82) is 0 Å². The Morgan fingerprint density at radius 3 is 2.56 bits per heavy atom. The predicted molar refractivity (Wildman–Crippen MR) is 106 cm³/mol. The van der Waals surface area contributed by atoms with Gasteiger partial charge in [0.1, 0.15) is 12.4 Å². The Morgan fingerprint density at radius 1 is 1.07 bits per heavy atom. The monoisotopic (exact) mass is 390 g/mol. The van der Waals surface area contributed by atoms with E-state index in [0.29, 0.717) is 23.9 Å². The predicted octanol–water partition coefficient (Wildman–Crippen LogP) is 1.30. The summed E-state index contributed by atoms with van der Waals surface area (Å²) in [5.74, 6) is 0.449. The first-order valence-corrected chi connectivity index (χ1v) is 9.13. The van der Waals surface area contributed by atoms with Gasteiger partial charge in [0.15, 0.2) is 13.1 Å². The Hall–Kier alpha value is -2.57. The van der Waals surface area contributed by atoms with Crippen molar-refractivity contribution in [2.24, 2.45) is 0 Å². The zero-order chi connectivity index (χ0) is 19.6. The fourth-order valence-corrected chi connectivity index (χ4v) is 2.68. The lowest BCUT2D eigenvalue weighted by Gasteiger charge is -2.14. The number of halogens is 1. The highest BCUT2D eigenvalue weighted by Crippen LogP contribution is 2.19. The van der Waals surface area contributed by atoms with Crippen molar-refractivity contribution in [1.82, 2.24) is 5.32 Å². The van der Waals surface area contributed by atoms with Crippen LogP contribution in [0.1, 0.15) is 5.56 Å². The minimum Gasteiger partial charge on any atom is -0.492 e. The minimum atomic E-state index is -0.198. The van der Waals surface area contributed by atoms with Gasteiger partial charge in [-0.05, 0) is 36.8 Å². The lowest BCUT2D eigenvalue weighted by molar-refractivity contribution is -0.862. The maximum atomic E-state index is 12.1. The zero-order valence-corrected chi connectivity index (χ0v) is 16.3. The van der Waals surface area contributed by atoms with Crippen LogP contribution in [-0.2, 0) is 9.59 Å². The fraction of sp³-hybridized carbons (Fsp3) is 0.300. The molecule has 0 radical (unpaired) electrons. The molecular formula is C20H25ClN3O3+. The molecule has 0 heterocycles. The van der Waals surface area contributed by atoms with Crippen molar-refractivity contribution in [3.05, 3.63) is 59.1 Å². The number of carbonyl (C=O) groups is 2. The average Bonchev–Trinajstić information content (AvgIpc) is 2.60. The van der Waals surface area contributed by atoms with Crippen molar-refractivity contribution in [2.75, 3.05) is 38.6 Å². The topological polar surface area (TPSA) is 71.9 Å². The van der Waals surface area contributed by atoms with Crippen molar-refractivity contribution in [3.8, 4) is 5.75 Å². The Morgan fingerprint density at radius 2 is 1.81 bits per heavy atom. The van der Waals surface area contributed by atoms with Crippen LogP contribution in [0.3, 0.4) is 0 Å². The van der Waals surface area contributed by atoms with Gasteiger partial charge in [-0.15, -0.1) is 0 Å². The summed E-state index contributed by atoms with van der Waals surface area (Å²) in [4.78, 5) is 24.8. The highest BCUT2D eigenvalue weighted by atomic mass is 35.5. The van der Waals surface area contributed by atoms with Crippen molar-refractivity contribution >= 4 is 29.1 Å². The van der Waals surface area contributed by atoms with E-state index in [4.69, 9.17) is 16.3 Å². The number of hydrogen-bond donors (Lipinski definition) is 3. The molecule has 7 heteroatoms. The van der Waals surface area contributed by atoms with E-state index in [0.717, 1.165) is 16.2 Å². The standard InChI is InChI=1S/C20H24ClN3O3/c1-15-6-5-7-16(12-15)27-11-10-22-19(25)13-24(2)14-20(26)23-18-9-4-3-8-17(18)21/h3-9,12H,10-11,13-14H2,1-2H3,(H,22,25)(H,23,26)/p+1. The third-order valence-electron chi connectivity index (χ3n) is 3.76. The quantitative estimate of drug-likeness (QED) is 0.565. The molecule has 2 rings (SSSR count). The number of anilines is 1. The maximum absolute atomic E-state index is 12.1. The van der Waals surface area contributed by atoms with Crippen molar-refractivity contribution in [2.45, 2.75) is 6.92 Å². The molecule has 0 spiro atoms. The number of rotatable bonds is 9. The highest BCUT2D eigenvalue weighted by molar-refractivity contribution is 6.33. The number of para-hydroxylation sites is 1. The Balaban J connectivity index is 1.64. The number of carbonyl (C=O) groups excluding carboxylic acids is 2. The van der Waals surface area contributed by atoms with Gasteiger partial charge >= 0.3 is 0 Å². The molecular weight excluding hydrogens is 366 g/mol. The molecule has 144 valence electrons. The van der Waals surface area contributed by atoms with Crippen molar-refractivity contribution < 1.29 is 19.2 Å². The number of likely N-dealkylation sites (N-methyl/N-ethyl adjacent to an activating group) is 1. The summed E-state index contributed by atoms with van der Waals surface area (Å²) in [5.41, 5.74) is 1.69. The average molecular weight is 391 g/mol. The summed E-state index contributed by atoms with van der Waals surface area (Å²) in [6, 6.07) is 14.8. The van der Waals surface area contributed by atoms with Crippen LogP contribution in [0, 0.1) is 6.92 Å². The first kappa shape index (κ1) is 20.7. The van der Waals surface area contributed by atoms with Crippen LogP contribution in [0.2, 0.25) is 5.02 Å². The summed E-state index contributed by atoms with van der Waals surface area (Å²) in [6.45, 7) is 3.15. The van der Waals surface area contributed by atoms with Crippen LogP contribution in [0.25, 0.3) is 0 Å². The Kier molecular flexibility index (Phi) is 8.10. The van der Waals surface area contributed by atoms with Crippen LogP contribution in [0.4, 0.5) is 5.69 Å². The van der Waals surface area contributed by atoms with Gasteiger partial charge in [-0.1, -0.05) is 35.9 Å². The molecule has 0 aliphatic heterocycles. The number of quaternary nitrogens is 1. The summed E-state index contributed by atoms with van der Waals surface area (Å²) >= 11 is 6.02. The first-order valence-electron chi connectivity index (χ1n) is 8.76. The molecule has 27 heavy (non-hydrogen) atoms. The van der Waals surface area contributed by atoms with E-state index in [9.17, 15) is 9.59 Å². The molecule has 0 aromatic heterocycles. The molecule has 0 saturated heterocycles. The molecule has 0 bridgehead atoms. The summed E-state index contributed by atoms with van der Waals surface area (Å²) < 4.78 is 5.59. The second kappa shape index (κ2) is 10.5. The second-order valence-electron chi connectivity index (χ2n) is 6.35. The summed E-state index contributed by atoms with van der Waals surface area (Å²) in [5, 5.41) is 6.02. The third-order valence-corrected chi connectivity index (χ3v) is 4.08. The third kappa shape index (κ3) is 7.68. The SMILES string of the molecule is Cc1cccc(OCCNC(=O)C[NH+](C)CC(=O)Nc2ccccc2Cl)c1. The summed E-state index contributed by atoms with van der Waals surface area (Å²) in [7, 11) is 1.79. The molecule has 3 N–H and O–H groups in total. The van der Waals surface area contributed by atoms with E-state index in [1.165, 1.54) is 0 Å². The van der Waals surface area contributed by atoms with E-state index >= 15 is 0 Å². The number of benzene rings is 2. The summed E-state index contributed by atoms with van der Waals surface area (Å²) in [6.07, 6.45) is 0. The van der Waals surface area contributed by atoms with E-state index < -0.39 is 0 Å². The van der Waals surface area contributed by atoms with Crippen LogP contribution < -0.4 is 20.3 Å². The van der Waals surface area contributed by atoms with Crippen LogP contribution in [0.15, 0.2) is 48.5 Å². The minimum absolute atomic E-state index is 0.133. The number of ether oxygens (including phenoxy) is 1.